The molecule has 1 aliphatic heterocycles. The third-order valence-electron chi connectivity index (χ3n) is 4.40. The zero-order chi connectivity index (χ0) is 14.8. The first-order chi connectivity index (χ1) is 10.2. The molecule has 1 amide bonds. The molecule has 0 N–H and O–H groups in total. The molecule has 1 atom stereocenters. The molecule has 2 heterocycles. The lowest BCUT2D eigenvalue weighted by atomic mass is 10.1. The van der Waals surface area contributed by atoms with E-state index in [1.54, 1.807) is 0 Å². The van der Waals surface area contributed by atoms with Gasteiger partial charge in [0, 0.05) is 19.5 Å². The van der Waals surface area contributed by atoms with E-state index in [1.165, 1.54) is 6.42 Å². The summed E-state index contributed by atoms with van der Waals surface area (Å²) < 4.78 is 2.12. The topological polar surface area (TPSA) is 38.1 Å². The molecule has 1 aromatic heterocycles. The smallest absolute Gasteiger partial charge is 0.245 e. The van der Waals surface area contributed by atoms with Crippen molar-refractivity contribution < 1.29 is 4.79 Å². The lowest BCUT2D eigenvalue weighted by Crippen LogP contribution is -2.40. The fourth-order valence-electron chi connectivity index (χ4n) is 3.26. The van der Waals surface area contributed by atoms with E-state index in [-0.39, 0.29) is 11.9 Å². The highest BCUT2D eigenvalue weighted by molar-refractivity contribution is 5.84. The highest BCUT2D eigenvalue weighted by Gasteiger charge is 2.26. The maximum atomic E-state index is 12.8. The standard InChI is InChI=1S/C17H23N3O/c1-3-16-18-14-9-5-6-10-15(14)20(16)13(2)17(21)19-11-7-4-8-12-19/h5-6,9-10,13H,3-4,7-8,11-12H2,1-2H3. The molecule has 0 bridgehead atoms. The number of fused-ring (bicyclic) bond motifs is 1. The number of aromatic nitrogens is 2. The Morgan fingerprint density at radius 1 is 1.24 bits per heavy atom. The molecule has 3 rings (SSSR count). The second kappa shape index (κ2) is 5.88. The first-order valence-corrected chi connectivity index (χ1v) is 7.97. The van der Waals surface area contributed by atoms with Crippen LogP contribution in [0.1, 0.15) is 45.0 Å². The summed E-state index contributed by atoms with van der Waals surface area (Å²) in [4.78, 5) is 19.5. The third kappa shape index (κ3) is 2.55. The lowest BCUT2D eigenvalue weighted by molar-refractivity contribution is -0.135. The Morgan fingerprint density at radius 2 is 1.95 bits per heavy atom. The van der Waals surface area contributed by atoms with Crippen LogP contribution in [0.25, 0.3) is 11.0 Å². The van der Waals surface area contributed by atoms with Crippen LogP contribution in [0.2, 0.25) is 0 Å². The van der Waals surface area contributed by atoms with Crippen LogP contribution in [0.15, 0.2) is 24.3 Å². The highest BCUT2D eigenvalue weighted by Crippen LogP contribution is 2.24. The molecule has 21 heavy (non-hydrogen) atoms. The number of hydrogen-bond acceptors (Lipinski definition) is 2. The maximum absolute atomic E-state index is 12.8. The van der Waals surface area contributed by atoms with Gasteiger partial charge in [0.05, 0.1) is 11.0 Å². The second-order valence-electron chi connectivity index (χ2n) is 5.80. The van der Waals surface area contributed by atoms with Crippen molar-refractivity contribution in [3.05, 3.63) is 30.1 Å². The Balaban J connectivity index is 1.96. The summed E-state index contributed by atoms with van der Waals surface area (Å²) in [5.74, 6) is 1.22. The molecule has 112 valence electrons. The summed E-state index contributed by atoms with van der Waals surface area (Å²) >= 11 is 0. The average Bonchev–Trinajstić information content (AvgIpc) is 2.92. The van der Waals surface area contributed by atoms with Gasteiger partial charge in [-0.15, -0.1) is 0 Å². The van der Waals surface area contributed by atoms with Crippen LogP contribution in [-0.2, 0) is 11.2 Å². The molecule has 2 aromatic rings. The van der Waals surface area contributed by atoms with Crippen molar-refractivity contribution in [1.29, 1.82) is 0 Å². The van der Waals surface area contributed by atoms with Gasteiger partial charge >= 0.3 is 0 Å². The molecular weight excluding hydrogens is 262 g/mol. The van der Waals surface area contributed by atoms with Crippen molar-refractivity contribution in [2.24, 2.45) is 0 Å². The molecule has 1 fully saturated rings. The van der Waals surface area contributed by atoms with E-state index in [2.05, 4.69) is 22.5 Å². The van der Waals surface area contributed by atoms with Gasteiger partial charge in [0.25, 0.3) is 0 Å². The lowest BCUT2D eigenvalue weighted by Gasteiger charge is -2.30. The summed E-state index contributed by atoms with van der Waals surface area (Å²) in [5.41, 5.74) is 2.04. The summed E-state index contributed by atoms with van der Waals surface area (Å²) in [6.45, 7) is 5.90. The number of rotatable bonds is 3. The van der Waals surface area contributed by atoms with E-state index < -0.39 is 0 Å². The van der Waals surface area contributed by atoms with Gasteiger partial charge in [-0.2, -0.15) is 0 Å². The van der Waals surface area contributed by atoms with Crippen LogP contribution in [0.5, 0.6) is 0 Å². The van der Waals surface area contributed by atoms with Crippen LogP contribution in [0.4, 0.5) is 0 Å². The number of imidazole rings is 1. The molecule has 1 unspecified atom stereocenters. The van der Waals surface area contributed by atoms with Crippen molar-refractivity contribution in [3.63, 3.8) is 0 Å². The van der Waals surface area contributed by atoms with Crippen LogP contribution < -0.4 is 0 Å². The Kier molecular flexibility index (Phi) is 3.95. The largest absolute Gasteiger partial charge is 0.341 e. The molecule has 1 saturated heterocycles. The van der Waals surface area contributed by atoms with Crippen LogP contribution in [-0.4, -0.2) is 33.4 Å². The van der Waals surface area contributed by atoms with Gasteiger partial charge in [-0.25, -0.2) is 4.98 Å². The summed E-state index contributed by atoms with van der Waals surface area (Å²) in [5, 5.41) is 0. The highest BCUT2D eigenvalue weighted by atomic mass is 16.2. The maximum Gasteiger partial charge on any atom is 0.245 e. The van der Waals surface area contributed by atoms with Crippen LogP contribution >= 0.6 is 0 Å². The number of hydrogen-bond donors (Lipinski definition) is 0. The number of aryl methyl sites for hydroxylation is 1. The molecule has 1 aromatic carbocycles. The van der Waals surface area contributed by atoms with E-state index in [0.29, 0.717) is 0 Å². The van der Waals surface area contributed by atoms with Gasteiger partial charge in [0.15, 0.2) is 0 Å². The van der Waals surface area contributed by atoms with Gasteiger partial charge in [0.2, 0.25) is 5.91 Å². The molecule has 4 heteroatoms. The van der Waals surface area contributed by atoms with Crippen molar-refractivity contribution in [2.75, 3.05) is 13.1 Å². The van der Waals surface area contributed by atoms with Crippen molar-refractivity contribution >= 4 is 16.9 Å². The van der Waals surface area contributed by atoms with E-state index in [9.17, 15) is 4.79 Å². The number of para-hydroxylation sites is 2. The van der Waals surface area contributed by atoms with E-state index >= 15 is 0 Å². The van der Waals surface area contributed by atoms with Gasteiger partial charge in [-0.3, -0.25) is 4.79 Å². The SMILES string of the molecule is CCc1nc2ccccc2n1C(C)C(=O)N1CCCCC1. The molecule has 0 spiro atoms. The molecule has 0 aliphatic carbocycles. The number of likely N-dealkylation sites (tertiary alicyclic amines) is 1. The Morgan fingerprint density at radius 3 is 2.67 bits per heavy atom. The van der Waals surface area contributed by atoms with Crippen molar-refractivity contribution in [3.8, 4) is 0 Å². The van der Waals surface area contributed by atoms with E-state index in [4.69, 9.17) is 0 Å². The van der Waals surface area contributed by atoms with Crippen LogP contribution in [0.3, 0.4) is 0 Å². The van der Waals surface area contributed by atoms with Crippen molar-refractivity contribution in [1.82, 2.24) is 14.5 Å². The molecular formula is C17H23N3O. The Labute approximate surface area is 125 Å². The zero-order valence-corrected chi connectivity index (χ0v) is 12.9. The van der Waals surface area contributed by atoms with Gasteiger partial charge in [-0.1, -0.05) is 19.1 Å². The number of benzene rings is 1. The minimum atomic E-state index is -0.176. The fourth-order valence-corrected chi connectivity index (χ4v) is 3.26. The Bertz CT molecular complexity index is 641. The van der Waals surface area contributed by atoms with E-state index in [1.807, 2.05) is 30.0 Å². The fraction of sp³-hybridized carbons (Fsp3) is 0.529. The summed E-state index contributed by atoms with van der Waals surface area (Å²) in [6, 6.07) is 7.91. The molecule has 1 aliphatic rings. The zero-order valence-electron chi connectivity index (χ0n) is 12.9. The molecule has 4 nitrogen and oxygen atoms in total. The minimum Gasteiger partial charge on any atom is -0.341 e. The number of nitrogens with zero attached hydrogens (tertiary/aromatic N) is 3. The predicted octanol–water partition coefficient (Wildman–Crippen LogP) is 3.17. The minimum absolute atomic E-state index is 0.176. The summed E-state index contributed by atoms with van der Waals surface area (Å²) in [6.07, 6.45) is 4.34. The van der Waals surface area contributed by atoms with Gasteiger partial charge in [-0.05, 0) is 38.3 Å². The second-order valence-corrected chi connectivity index (χ2v) is 5.80. The third-order valence-corrected chi connectivity index (χ3v) is 4.40. The Hall–Kier alpha value is -1.84. The first-order valence-electron chi connectivity index (χ1n) is 7.97. The number of carbonyl (C=O) groups excluding carboxylic acids is 1. The normalized spacial score (nSPS) is 17.1. The van der Waals surface area contributed by atoms with Crippen LogP contribution in [0, 0.1) is 0 Å². The number of amides is 1. The molecule has 0 saturated carbocycles. The van der Waals surface area contributed by atoms with Crippen molar-refractivity contribution in [2.45, 2.75) is 45.6 Å². The van der Waals surface area contributed by atoms with E-state index in [0.717, 1.165) is 49.2 Å². The van der Waals surface area contributed by atoms with Gasteiger partial charge < -0.3 is 9.47 Å². The number of piperidine rings is 1. The quantitative estimate of drug-likeness (QED) is 0.868. The van der Waals surface area contributed by atoms with Gasteiger partial charge in [0.1, 0.15) is 11.9 Å². The monoisotopic (exact) mass is 285 g/mol. The molecule has 0 radical (unpaired) electrons. The first kappa shape index (κ1) is 14.1. The number of carbonyl (C=O) groups is 1. The summed E-state index contributed by atoms with van der Waals surface area (Å²) in [7, 11) is 0. The predicted molar refractivity (Wildman–Crippen MR) is 84.3 cm³/mol. The average molecular weight is 285 g/mol.